The minimum atomic E-state index is -3.69. The third-order valence-electron chi connectivity index (χ3n) is 5.36. The lowest BCUT2D eigenvalue weighted by molar-refractivity contribution is -0.117. The molecule has 9 heteroatoms. The molecule has 2 aliphatic rings. The van der Waals surface area contributed by atoms with Crippen molar-refractivity contribution in [3.8, 4) is 0 Å². The Bertz CT molecular complexity index is 938. The maximum absolute atomic E-state index is 12.7. The van der Waals surface area contributed by atoms with Crippen molar-refractivity contribution in [2.45, 2.75) is 49.5 Å². The first kappa shape index (κ1) is 19.4. The molecule has 150 valence electrons. The Morgan fingerprint density at radius 3 is 2.82 bits per heavy atom. The lowest BCUT2D eigenvalue weighted by atomic mass is 9.95. The van der Waals surface area contributed by atoms with Crippen LogP contribution in [0.2, 0.25) is 0 Å². The van der Waals surface area contributed by atoms with Gasteiger partial charge in [-0.3, -0.25) is 9.52 Å². The molecule has 2 aromatic rings. The van der Waals surface area contributed by atoms with Gasteiger partial charge in [0.2, 0.25) is 5.91 Å². The number of nitrogens with one attached hydrogen (secondary N) is 2. The molecule has 0 radical (unpaired) electrons. The van der Waals surface area contributed by atoms with E-state index in [1.54, 1.807) is 34.7 Å². The van der Waals surface area contributed by atoms with Crippen LogP contribution in [0.4, 0.5) is 10.8 Å². The van der Waals surface area contributed by atoms with Crippen molar-refractivity contribution >= 4 is 38.1 Å². The lowest BCUT2D eigenvalue weighted by Crippen LogP contribution is -2.41. The summed E-state index contributed by atoms with van der Waals surface area (Å²) in [6, 6.07) is 5.38. The maximum Gasteiger partial charge on any atom is 0.263 e. The van der Waals surface area contributed by atoms with Crippen LogP contribution in [0.3, 0.4) is 0 Å². The molecule has 7 nitrogen and oxygen atoms in total. The molecule has 0 spiro atoms. The van der Waals surface area contributed by atoms with Crippen molar-refractivity contribution in [3.63, 3.8) is 0 Å². The monoisotopic (exact) mass is 420 g/mol. The van der Waals surface area contributed by atoms with Crippen LogP contribution in [-0.2, 0) is 21.2 Å². The van der Waals surface area contributed by atoms with Crippen molar-refractivity contribution in [1.82, 2.24) is 10.3 Å². The summed E-state index contributed by atoms with van der Waals surface area (Å²) >= 11 is 1.23. The van der Waals surface area contributed by atoms with E-state index in [4.69, 9.17) is 0 Å². The van der Waals surface area contributed by atoms with Gasteiger partial charge in [-0.15, -0.1) is 11.3 Å². The molecule has 1 aromatic carbocycles. The summed E-state index contributed by atoms with van der Waals surface area (Å²) in [6.07, 6.45) is 8.22. The number of fused-ring (bicyclic) bond motifs is 1. The number of aromatic nitrogens is 1. The largest absolute Gasteiger partial charge is 0.311 e. The van der Waals surface area contributed by atoms with E-state index >= 15 is 0 Å². The number of carbonyl (C=O) groups is 1. The second kappa shape index (κ2) is 8.18. The smallest absolute Gasteiger partial charge is 0.263 e. The summed E-state index contributed by atoms with van der Waals surface area (Å²) < 4.78 is 27.6. The quantitative estimate of drug-likeness (QED) is 0.750. The Labute approximate surface area is 169 Å². The molecule has 1 saturated carbocycles. The van der Waals surface area contributed by atoms with Gasteiger partial charge in [-0.25, -0.2) is 13.4 Å². The van der Waals surface area contributed by atoms with Crippen LogP contribution in [-0.4, -0.2) is 38.4 Å². The van der Waals surface area contributed by atoms with Gasteiger partial charge in [-0.05, 0) is 43.0 Å². The van der Waals surface area contributed by atoms with Gasteiger partial charge in [-0.1, -0.05) is 19.3 Å². The number of amides is 1. The molecule has 4 rings (SSSR count). The van der Waals surface area contributed by atoms with Gasteiger partial charge < -0.3 is 10.2 Å². The highest BCUT2D eigenvalue weighted by molar-refractivity contribution is 7.93. The first-order chi connectivity index (χ1) is 13.5. The average molecular weight is 421 g/mol. The number of carbonyl (C=O) groups excluding carboxylic acids is 1. The van der Waals surface area contributed by atoms with Crippen LogP contribution >= 0.6 is 11.3 Å². The summed E-state index contributed by atoms with van der Waals surface area (Å²) in [7, 11) is -3.69. The maximum atomic E-state index is 12.7. The average Bonchev–Trinajstić information content (AvgIpc) is 3.35. The normalized spacial score (nSPS) is 17.5. The number of hydrogen-bond donors (Lipinski definition) is 2. The Kier molecular flexibility index (Phi) is 5.65. The van der Waals surface area contributed by atoms with E-state index in [0.717, 1.165) is 24.1 Å². The summed E-state index contributed by atoms with van der Waals surface area (Å²) in [4.78, 5) is 18.6. The third-order valence-corrected chi connectivity index (χ3v) is 7.51. The van der Waals surface area contributed by atoms with Gasteiger partial charge in [0.15, 0.2) is 5.13 Å². The molecule has 1 fully saturated rings. The van der Waals surface area contributed by atoms with Gasteiger partial charge in [-0.2, -0.15) is 0 Å². The predicted molar refractivity (Wildman–Crippen MR) is 110 cm³/mol. The number of nitrogens with zero attached hydrogens (tertiary/aromatic N) is 2. The molecule has 1 aliphatic heterocycles. The topological polar surface area (TPSA) is 91.4 Å². The zero-order chi connectivity index (χ0) is 19.6. The van der Waals surface area contributed by atoms with E-state index in [1.807, 2.05) is 0 Å². The van der Waals surface area contributed by atoms with Gasteiger partial charge in [0.05, 0.1) is 11.4 Å². The summed E-state index contributed by atoms with van der Waals surface area (Å²) in [5, 5.41) is 5.44. The Morgan fingerprint density at radius 1 is 1.25 bits per heavy atom. The molecule has 1 aromatic heterocycles. The van der Waals surface area contributed by atoms with Crippen molar-refractivity contribution < 1.29 is 13.2 Å². The summed E-state index contributed by atoms with van der Waals surface area (Å²) in [5.74, 6) is 0.0424. The molecule has 28 heavy (non-hydrogen) atoms. The highest BCUT2D eigenvalue weighted by Gasteiger charge is 2.27. The van der Waals surface area contributed by atoms with Crippen molar-refractivity contribution in [3.05, 3.63) is 35.3 Å². The second-order valence-corrected chi connectivity index (χ2v) is 9.82. The number of sulfonamides is 1. The van der Waals surface area contributed by atoms with E-state index in [0.29, 0.717) is 30.7 Å². The van der Waals surface area contributed by atoms with E-state index < -0.39 is 10.0 Å². The van der Waals surface area contributed by atoms with Crippen LogP contribution in [0, 0.1) is 0 Å². The minimum Gasteiger partial charge on any atom is -0.311 e. The van der Waals surface area contributed by atoms with Crippen LogP contribution in [0.5, 0.6) is 0 Å². The number of hydrogen-bond acceptors (Lipinski definition) is 6. The molecule has 0 atom stereocenters. The number of thiazole rings is 1. The van der Waals surface area contributed by atoms with E-state index in [-0.39, 0.29) is 10.8 Å². The fourth-order valence-corrected chi connectivity index (χ4v) is 5.72. The summed E-state index contributed by atoms with van der Waals surface area (Å²) in [5.41, 5.74) is 1.69. The van der Waals surface area contributed by atoms with E-state index in [1.165, 1.54) is 30.6 Å². The zero-order valence-electron chi connectivity index (χ0n) is 15.6. The predicted octanol–water partition coefficient (Wildman–Crippen LogP) is 2.76. The Balaban J connectivity index is 1.43. The minimum absolute atomic E-state index is 0.0424. The van der Waals surface area contributed by atoms with Gasteiger partial charge in [0.25, 0.3) is 10.0 Å². The zero-order valence-corrected chi connectivity index (χ0v) is 17.2. The fraction of sp³-hybridized carbons (Fsp3) is 0.474. The number of anilines is 2. The highest BCUT2D eigenvalue weighted by Crippen LogP contribution is 2.31. The molecule has 2 heterocycles. The number of benzene rings is 1. The van der Waals surface area contributed by atoms with Crippen LogP contribution in [0.1, 0.15) is 37.7 Å². The molecular weight excluding hydrogens is 396 g/mol. The van der Waals surface area contributed by atoms with Crippen LogP contribution < -0.4 is 14.9 Å². The SMILES string of the molecule is O=C(CNC1CCCCC1)N1CCc2cc(S(=O)(=O)Nc3nccs3)ccc21. The molecule has 1 amide bonds. The summed E-state index contributed by atoms with van der Waals surface area (Å²) in [6.45, 7) is 0.916. The van der Waals surface area contributed by atoms with E-state index in [2.05, 4.69) is 15.0 Å². The standard InChI is InChI=1S/C19H24N4O3S2/c24-18(13-21-15-4-2-1-3-5-15)23-10-8-14-12-16(6-7-17(14)23)28(25,26)22-19-20-9-11-27-19/h6-7,9,11-12,15,21H,1-5,8,10,13H2,(H,20,22). The Hall–Kier alpha value is -1.97. The first-order valence-corrected chi connectivity index (χ1v) is 12.0. The second-order valence-electron chi connectivity index (χ2n) is 7.24. The number of rotatable bonds is 6. The van der Waals surface area contributed by atoms with Gasteiger partial charge in [0, 0.05) is 29.9 Å². The fourth-order valence-electron chi connectivity index (χ4n) is 3.89. The molecule has 0 bridgehead atoms. The molecule has 0 unspecified atom stereocenters. The van der Waals surface area contributed by atoms with Crippen LogP contribution in [0.15, 0.2) is 34.7 Å². The molecule has 1 aliphatic carbocycles. The molecule has 2 N–H and O–H groups in total. The molecular formula is C19H24N4O3S2. The van der Waals surface area contributed by atoms with Gasteiger partial charge >= 0.3 is 0 Å². The first-order valence-electron chi connectivity index (χ1n) is 9.62. The van der Waals surface area contributed by atoms with Crippen LogP contribution in [0.25, 0.3) is 0 Å². The van der Waals surface area contributed by atoms with Gasteiger partial charge in [0.1, 0.15) is 0 Å². The molecule has 0 saturated heterocycles. The van der Waals surface area contributed by atoms with Crippen molar-refractivity contribution in [2.75, 3.05) is 22.7 Å². The van der Waals surface area contributed by atoms with E-state index in [9.17, 15) is 13.2 Å². The van der Waals surface area contributed by atoms with Crippen molar-refractivity contribution in [2.24, 2.45) is 0 Å². The van der Waals surface area contributed by atoms with Crippen molar-refractivity contribution in [1.29, 1.82) is 0 Å². The third kappa shape index (κ3) is 4.21. The highest BCUT2D eigenvalue weighted by atomic mass is 32.2. The lowest BCUT2D eigenvalue weighted by Gasteiger charge is -2.24. The Morgan fingerprint density at radius 2 is 2.07 bits per heavy atom.